The quantitative estimate of drug-likeness (QED) is 0.802. The van der Waals surface area contributed by atoms with Gasteiger partial charge in [-0.3, -0.25) is 9.59 Å². The Morgan fingerprint density at radius 1 is 1.53 bits per heavy atom. The van der Waals surface area contributed by atoms with Gasteiger partial charge in [-0.2, -0.15) is 0 Å². The van der Waals surface area contributed by atoms with Crippen LogP contribution in [0.2, 0.25) is 0 Å². The van der Waals surface area contributed by atoms with Crippen LogP contribution in [0.5, 0.6) is 0 Å². The third-order valence-electron chi connectivity index (χ3n) is 3.05. The van der Waals surface area contributed by atoms with Crippen molar-refractivity contribution in [2.75, 3.05) is 13.7 Å². The number of carbonyl (C=O) groups is 2. The fourth-order valence-electron chi connectivity index (χ4n) is 2.12. The van der Waals surface area contributed by atoms with Gasteiger partial charge in [-0.15, -0.1) is 0 Å². The molecule has 0 amide bonds. The lowest BCUT2D eigenvalue weighted by molar-refractivity contribution is -0.122. The maximum absolute atomic E-state index is 12.1. The van der Waals surface area contributed by atoms with E-state index in [1.165, 1.54) is 0 Å². The number of methoxy groups -OCH3 is 1. The Morgan fingerprint density at radius 2 is 2.29 bits per heavy atom. The summed E-state index contributed by atoms with van der Waals surface area (Å²) in [6, 6.07) is 5.50. The fraction of sp³-hybridized carbons (Fsp3) is 0.385. The first-order valence-corrected chi connectivity index (χ1v) is 6.27. The van der Waals surface area contributed by atoms with Crippen LogP contribution >= 0.6 is 15.9 Å². The molecule has 1 aromatic carbocycles. The number of benzene rings is 1. The lowest BCUT2D eigenvalue weighted by atomic mass is 9.98. The highest BCUT2D eigenvalue weighted by atomic mass is 79.9. The third-order valence-corrected chi connectivity index (χ3v) is 3.79. The predicted molar refractivity (Wildman–Crippen MR) is 67.2 cm³/mol. The molecule has 3 nitrogen and oxygen atoms in total. The van der Waals surface area contributed by atoms with E-state index in [9.17, 15) is 9.59 Å². The molecule has 1 atom stereocenters. The first kappa shape index (κ1) is 12.5. The van der Waals surface area contributed by atoms with Crippen LogP contribution in [0.25, 0.3) is 0 Å². The Bertz CT molecular complexity index is 468. The van der Waals surface area contributed by atoms with Gasteiger partial charge in [-0.1, -0.05) is 28.1 Å². The van der Waals surface area contributed by atoms with Gasteiger partial charge in [0.1, 0.15) is 5.78 Å². The number of ether oxygens (including phenoxy) is 1. The minimum atomic E-state index is -0.515. The molecule has 1 aliphatic rings. The molecule has 4 heteroatoms. The van der Waals surface area contributed by atoms with E-state index in [2.05, 4.69) is 15.9 Å². The van der Waals surface area contributed by atoms with Crippen LogP contribution in [-0.4, -0.2) is 25.3 Å². The van der Waals surface area contributed by atoms with Gasteiger partial charge in [0.25, 0.3) is 0 Å². The zero-order chi connectivity index (χ0) is 12.4. The topological polar surface area (TPSA) is 43.4 Å². The minimum absolute atomic E-state index is 0.0278. The smallest absolute Gasteiger partial charge is 0.173 e. The molecule has 0 saturated heterocycles. The standard InChI is InChI=1S/C13H13BrO3/c1-17-6-5-12(15)10-7-9-8(13(10)16)3-2-4-11(9)14/h2-4,10H,5-7H2,1H3. The average molecular weight is 297 g/mol. The summed E-state index contributed by atoms with van der Waals surface area (Å²) in [5.41, 5.74) is 1.63. The fourth-order valence-corrected chi connectivity index (χ4v) is 2.65. The van der Waals surface area contributed by atoms with Crippen LogP contribution in [0.4, 0.5) is 0 Å². The molecule has 2 rings (SSSR count). The van der Waals surface area contributed by atoms with Gasteiger partial charge >= 0.3 is 0 Å². The summed E-state index contributed by atoms with van der Waals surface area (Å²) in [7, 11) is 1.55. The molecule has 0 bridgehead atoms. The van der Waals surface area contributed by atoms with Crippen molar-refractivity contribution in [3.05, 3.63) is 33.8 Å². The largest absolute Gasteiger partial charge is 0.384 e. The monoisotopic (exact) mass is 296 g/mol. The van der Waals surface area contributed by atoms with Gasteiger partial charge in [0.15, 0.2) is 5.78 Å². The van der Waals surface area contributed by atoms with Crippen molar-refractivity contribution in [1.29, 1.82) is 0 Å². The van der Waals surface area contributed by atoms with Gasteiger partial charge in [0.05, 0.1) is 12.5 Å². The maximum atomic E-state index is 12.1. The molecular formula is C13H13BrO3. The third kappa shape index (κ3) is 2.33. The lowest BCUT2D eigenvalue weighted by Gasteiger charge is -2.05. The highest BCUT2D eigenvalue weighted by Gasteiger charge is 2.35. The number of hydrogen-bond acceptors (Lipinski definition) is 3. The van der Waals surface area contributed by atoms with Gasteiger partial charge in [-0.05, 0) is 18.1 Å². The van der Waals surface area contributed by atoms with E-state index in [1.54, 1.807) is 13.2 Å². The molecule has 0 aliphatic heterocycles. The molecule has 0 spiro atoms. The molecule has 17 heavy (non-hydrogen) atoms. The Kier molecular flexibility index (Phi) is 3.74. The van der Waals surface area contributed by atoms with Crippen molar-refractivity contribution in [1.82, 2.24) is 0 Å². The second-order valence-corrected chi connectivity index (χ2v) is 4.95. The van der Waals surface area contributed by atoms with Crippen LogP contribution in [0.3, 0.4) is 0 Å². The Hall–Kier alpha value is -1.00. The van der Waals surface area contributed by atoms with Gasteiger partial charge in [0.2, 0.25) is 0 Å². The van der Waals surface area contributed by atoms with E-state index >= 15 is 0 Å². The number of carbonyl (C=O) groups excluding carboxylic acids is 2. The predicted octanol–water partition coefficient (Wildman–Crippen LogP) is 2.41. The summed E-state index contributed by atoms with van der Waals surface area (Å²) < 4.78 is 5.77. The van der Waals surface area contributed by atoms with Crippen molar-refractivity contribution in [2.24, 2.45) is 5.92 Å². The molecule has 0 heterocycles. The SMILES string of the molecule is COCCC(=O)C1Cc2c(Br)cccc2C1=O. The Balaban J connectivity index is 2.20. The Morgan fingerprint density at radius 3 is 2.94 bits per heavy atom. The number of fused-ring (bicyclic) bond motifs is 1. The summed E-state index contributed by atoms with van der Waals surface area (Å²) in [5, 5.41) is 0. The van der Waals surface area contributed by atoms with Crippen LogP contribution in [0, 0.1) is 5.92 Å². The van der Waals surface area contributed by atoms with Crippen LogP contribution < -0.4 is 0 Å². The number of halogens is 1. The molecule has 0 aromatic heterocycles. The van der Waals surface area contributed by atoms with Crippen molar-refractivity contribution >= 4 is 27.5 Å². The lowest BCUT2D eigenvalue weighted by Crippen LogP contribution is -2.21. The molecule has 0 fully saturated rings. The molecule has 0 radical (unpaired) electrons. The van der Waals surface area contributed by atoms with E-state index in [4.69, 9.17) is 4.74 Å². The maximum Gasteiger partial charge on any atom is 0.173 e. The number of hydrogen-bond donors (Lipinski definition) is 0. The van der Waals surface area contributed by atoms with Gasteiger partial charge in [0, 0.05) is 23.6 Å². The van der Waals surface area contributed by atoms with E-state index in [-0.39, 0.29) is 11.6 Å². The zero-order valence-corrected chi connectivity index (χ0v) is 11.1. The molecule has 0 N–H and O–H groups in total. The molecule has 1 aliphatic carbocycles. The number of rotatable bonds is 4. The van der Waals surface area contributed by atoms with Crippen molar-refractivity contribution in [3.8, 4) is 0 Å². The molecule has 0 saturated carbocycles. The molecular weight excluding hydrogens is 284 g/mol. The minimum Gasteiger partial charge on any atom is -0.384 e. The average Bonchev–Trinajstić information content (AvgIpc) is 2.66. The van der Waals surface area contributed by atoms with Crippen LogP contribution in [-0.2, 0) is 16.0 Å². The first-order chi connectivity index (χ1) is 8.15. The van der Waals surface area contributed by atoms with E-state index < -0.39 is 5.92 Å². The normalized spacial score (nSPS) is 18.2. The summed E-state index contributed by atoms with van der Waals surface area (Å²) in [4.78, 5) is 23.9. The van der Waals surface area contributed by atoms with Crippen LogP contribution in [0.1, 0.15) is 22.3 Å². The second-order valence-electron chi connectivity index (χ2n) is 4.10. The summed E-state index contributed by atoms with van der Waals surface area (Å²) in [6.45, 7) is 0.375. The Labute approximate surface area is 108 Å². The molecule has 1 unspecified atom stereocenters. The first-order valence-electron chi connectivity index (χ1n) is 5.48. The van der Waals surface area contributed by atoms with Crippen molar-refractivity contribution in [2.45, 2.75) is 12.8 Å². The second kappa shape index (κ2) is 5.10. The van der Waals surface area contributed by atoms with E-state index in [1.807, 2.05) is 12.1 Å². The molecule has 1 aromatic rings. The van der Waals surface area contributed by atoms with Crippen molar-refractivity contribution < 1.29 is 14.3 Å². The highest BCUT2D eigenvalue weighted by molar-refractivity contribution is 9.10. The van der Waals surface area contributed by atoms with Gasteiger partial charge < -0.3 is 4.74 Å². The van der Waals surface area contributed by atoms with Crippen LogP contribution in [0.15, 0.2) is 22.7 Å². The summed E-state index contributed by atoms with van der Waals surface area (Å²) in [5.74, 6) is -0.596. The summed E-state index contributed by atoms with van der Waals surface area (Å²) >= 11 is 3.42. The van der Waals surface area contributed by atoms with Gasteiger partial charge in [-0.25, -0.2) is 0 Å². The molecule has 90 valence electrons. The van der Waals surface area contributed by atoms with E-state index in [0.717, 1.165) is 10.0 Å². The highest BCUT2D eigenvalue weighted by Crippen LogP contribution is 2.33. The summed E-state index contributed by atoms with van der Waals surface area (Å²) in [6.07, 6.45) is 0.816. The number of ketones is 2. The van der Waals surface area contributed by atoms with Crippen molar-refractivity contribution in [3.63, 3.8) is 0 Å². The van der Waals surface area contributed by atoms with E-state index in [0.29, 0.717) is 25.0 Å². The zero-order valence-electron chi connectivity index (χ0n) is 9.53. The number of Topliss-reactive ketones (excluding diaryl/α,β-unsaturated/α-hetero) is 2.